The number of aryl methyl sites for hydroxylation is 3. The van der Waals surface area contributed by atoms with E-state index in [2.05, 4.69) is 13.0 Å². The molecule has 2 aromatic carbocycles. The van der Waals surface area contributed by atoms with Gasteiger partial charge in [-0.25, -0.2) is 4.39 Å². The second-order valence-corrected chi connectivity index (χ2v) is 5.28. The maximum absolute atomic E-state index is 14.1. The summed E-state index contributed by atoms with van der Waals surface area (Å²) < 4.78 is 14.1. The first-order chi connectivity index (χ1) is 8.90. The molecule has 0 saturated heterocycles. The van der Waals surface area contributed by atoms with Crippen LogP contribution in [0.4, 0.5) is 4.39 Å². The zero-order valence-corrected chi connectivity index (χ0v) is 11.9. The van der Waals surface area contributed by atoms with Gasteiger partial charge in [0.2, 0.25) is 0 Å². The first-order valence-corrected chi connectivity index (χ1v) is 6.53. The fourth-order valence-corrected chi connectivity index (χ4v) is 2.28. The lowest BCUT2D eigenvalue weighted by molar-refractivity contribution is 0.629. The number of rotatable bonds is 2. The van der Waals surface area contributed by atoms with Crippen molar-refractivity contribution >= 4 is 0 Å². The van der Waals surface area contributed by atoms with Gasteiger partial charge >= 0.3 is 0 Å². The van der Waals surface area contributed by atoms with Crippen LogP contribution in [0.25, 0.3) is 11.1 Å². The lowest BCUT2D eigenvalue weighted by atomic mass is 9.93. The Balaban J connectivity index is 2.64. The third-order valence-electron chi connectivity index (χ3n) is 3.65. The molecule has 1 unspecified atom stereocenters. The molecule has 0 heterocycles. The van der Waals surface area contributed by atoms with Crippen LogP contribution < -0.4 is 5.73 Å². The van der Waals surface area contributed by atoms with Crippen molar-refractivity contribution < 1.29 is 4.39 Å². The number of hydrogen-bond acceptors (Lipinski definition) is 1. The van der Waals surface area contributed by atoms with Gasteiger partial charge in [-0.05, 0) is 67.6 Å². The summed E-state index contributed by atoms with van der Waals surface area (Å²) in [6, 6.07) is 9.17. The minimum Gasteiger partial charge on any atom is -0.324 e. The second-order valence-electron chi connectivity index (χ2n) is 5.28. The largest absolute Gasteiger partial charge is 0.324 e. The molecule has 0 amide bonds. The summed E-state index contributed by atoms with van der Waals surface area (Å²) in [5.74, 6) is -0.198. The van der Waals surface area contributed by atoms with Crippen molar-refractivity contribution in [1.82, 2.24) is 0 Å². The van der Waals surface area contributed by atoms with E-state index in [0.717, 1.165) is 16.7 Å². The van der Waals surface area contributed by atoms with Gasteiger partial charge < -0.3 is 5.73 Å². The minimum atomic E-state index is -0.198. The molecule has 2 heteroatoms. The Morgan fingerprint density at radius 2 is 1.53 bits per heavy atom. The smallest absolute Gasteiger partial charge is 0.131 e. The van der Waals surface area contributed by atoms with E-state index < -0.39 is 0 Å². The topological polar surface area (TPSA) is 26.0 Å². The third-order valence-corrected chi connectivity index (χ3v) is 3.65. The number of benzene rings is 2. The zero-order valence-electron chi connectivity index (χ0n) is 11.9. The Hall–Kier alpha value is -1.67. The molecule has 0 radical (unpaired) electrons. The lowest BCUT2D eigenvalue weighted by Crippen LogP contribution is -2.05. The molecule has 0 aliphatic carbocycles. The summed E-state index contributed by atoms with van der Waals surface area (Å²) in [6.07, 6.45) is 0. The summed E-state index contributed by atoms with van der Waals surface area (Å²) >= 11 is 0. The molecule has 100 valence electrons. The van der Waals surface area contributed by atoms with Crippen LogP contribution in [-0.2, 0) is 0 Å². The molecule has 0 aromatic heterocycles. The maximum Gasteiger partial charge on any atom is 0.131 e. The van der Waals surface area contributed by atoms with Crippen LogP contribution >= 0.6 is 0 Å². The van der Waals surface area contributed by atoms with Crippen molar-refractivity contribution in [2.45, 2.75) is 33.7 Å². The first kappa shape index (κ1) is 13.8. The summed E-state index contributed by atoms with van der Waals surface area (Å²) in [5, 5.41) is 0. The molecule has 0 saturated carbocycles. The number of hydrogen-bond donors (Lipinski definition) is 1. The molecule has 19 heavy (non-hydrogen) atoms. The molecule has 1 nitrogen and oxygen atoms in total. The van der Waals surface area contributed by atoms with Gasteiger partial charge in [0.05, 0.1) is 0 Å². The van der Waals surface area contributed by atoms with Gasteiger partial charge in [-0.1, -0.05) is 18.2 Å². The van der Waals surface area contributed by atoms with Crippen LogP contribution in [-0.4, -0.2) is 0 Å². The Morgan fingerprint density at radius 1 is 0.895 bits per heavy atom. The molecular formula is C17H20FN. The van der Waals surface area contributed by atoms with Gasteiger partial charge in [-0.15, -0.1) is 0 Å². The van der Waals surface area contributed by atoms with Gasteiger partial charge in [0.15, 0.2) is 0 Å². The van der Waals surface area contributed by atoms with Crippen molar-refractivity contribution in [3.63, 3.8) is 0 Å². The Morgan fingerprint density at radius 3 is 2.16 bits per heavy atom. The maximum atomic E-state index is 14.1. The van der Waals surface area contributed by atoms with Gasteiger partial charge in [0, 0.05) is 11.6 Å². The fourth-order valence-electron chi connectivity index (χ4n) is 2.28. The van der Waals surface area contributed by atoms with E-state index in [-0.39, 0.29) is 11.9 Å². The molecule has 0 bridgehead atoms. The highest BCUT2D eigenvalue weighted by molar-refractivity contribution is 5.70. The fraction of sp³-hybridized carbons (Fsp3) is 0.294. The van der Waals surface area contributed by atoms with E-state index in [4.69, 9.17) is 5.73 Å². The standard InChI is InChI=1S/C17H20FN/c1-10-7-12(3)15(8-11(10)2)16-9-14(13(4)19)5-6-17(16)18/h5-9,13H,19H2,1-4H3. The molecule has 0 fully saturated rings. The third kappa shape index (κ3) is 2.69. The number of halogens is 1. The predicted molar refractivity (Wildman–Crippen MR) is 78.6 cm³/mol. The highest BCUT2D eigenvalue weighted by atomic mass is 19.1. The van der Waals surface area contributed by atoms with Crippen molar-refractivity contribution in [1.29, 1.82) is 0 Å². The molecule has 1 atom stereocenters. The molecular weight excluding hydrogens is 237 g/mol. The normalized spacial score (nSPS) is 12.5. The number of nitrogens with two attached hydrogens (primary N) is 1. The first-order valence-electron chi connectivity index (χ1n) is 6.53. The van der Waals surface area contributed by atoms with E-state index in [1.807, 2.05) is 32.9 Å². The van der Waals surface area contributed by atoms with Crippen LogP contribution in [0.3, 0.4) is 0 Å². The quantitative estimate of drug-likeness (QED) is 0.845. The molecule has 2 N–H and O–H groups in total. The lowest BCUT2D eigenvalue weighted by Gasteiger charge is -2.13. The Labute approximate surface area is 114 Å². The van der Waals surface area contributed by atoms with Gasteiger partial charge in [-0.2, -0.15) is 0 Å². The molecule has 2 rings (SSSR count). The average Bonchev–Trinajstić information content (AvgIpc) is 2.34. The SMILES string of the molecule is Cc1cc(C)c(-c2cc(C(C)N)ccc2F)cc1C. The van der Waals surface area contributed by atoms with Gasteiger partial charge in [0.1, 0.15) is 5.82 Å². The summed E-state index contributed by atoms with van der Waals surface area (Å²) in [4.78, 5) is 0. The van der Waals surface area contributed by atoms with E-state index in [1.165, 1.54) is 17.2 Å². The Bertz CT molecular complexity index is 615. The van der Waals surface area contributed by atoms with Crippen molar-refractivity contribution in [3.8, 4) is 11.1 Å². The summed E-state index contributed by atoms with van der Waals surface area (Å²) in [5.41, 5.74) is 11.9. The van der Waals surface area contributed by atoms with Gasteiger partial charge in [0.25, 0.3) is 0 Å². The van der Waals surface area contributed by atoms with Crippen LogP contribution in [0.5, 0.6) is 0 Å². The Kier molecular flexibility index (Phi) is 3.72. The van der Waals surface area contributed by atoms with Crippen molar-refractivity contribution in [2.75, 3.05) is 0 Å². The minimum absolute atomic E-state index is 0.0915. The monoisotopic (exact) mass is 257 g/mol. The van der Waals surface area contributed by atoms with E-state index in [9.17, 15) is 4.39 Å². The van der Waals surface area contributed by atoms with Crippen molar-refractivity contribution in [3.05, 3.63) is 58.4 Å². The zero-order chi connectivity index (χ0) is 14.2. The molecule has 0 aliphatic heterocycles. The van der Waals surface area contributed by atoms with Crippen LogP contribution in [0.2, 0.25) is 0 Å². The van der Waals surface area contributed by atoms with Crippen LogP contribution in [0.15, 0.2) is 30.3 Å². The molecule has 0 aliphatic rings. The van der Waals surface area contributed by atoms with E-state index >= 15 is 0 Å². The van der Waals surface area contributed by atoms with Crippen LogP contribution in [0.1, 0.15) is 35.2 Å². The predicted octanol–water partition coefficient (Wildman–Crippen LogP) is 4.44. The van der Waals surface area contributed by atoms with Crippen LogP contribution in [0, 0.1) is 26.6 Å². The average molecular weight is 257 g/mol. The highest BCUT2D eigenvalue weighted by Crippen LogP contribution is 2.30. The van der Waals surface area contributed by atoms with Gasteiger partial charge in [-0.3, -0.25) is 0 Å². The van der Waals surface area contributed by atoms with E-state index in [1.54, 1.807) is 6.07 Å². The molecule has 0 spiro atoms. The molecule has 2 aromatic rings. The van der Waals surface area contributed by atoms with E-state index in [0.29, 0.717) is 5.56 Å². The summed E-state index contributed by atoms with van der Waals surface area (Å²) in [7, 11) is 0. The summed E-state index contributed by atoms with van der Waals surface area (Å²) in [6.45, 7) is 8.04. The highest BCUT2D eigenvalue weighted by Gasteiger charge is 2.11. The second kappa shape index (κ2) is 5.14. The van der Waals surface area contributed by atoms with Crippen molar-refractivity contribution in [2.24, 2.45) is 5.73 Å².